The summed E-state index contributed by atoms with van der Waals surface area (Å²) in [6.45, 7) is 1.75. The zero-order valence-electron chi connectivity index (χ0n) is 11.9. The number of benzene rings is 1. The van der Waals surface area contributed by atoms with Crippen molar-refractivity contribution in [2.24, 2.45) is 0 Å². The Balaban J connectivity index is 2.23. The highest BCUT2D eigenvalue weighted by atomic mass is 16.5. The van der Waals surface area contributed by atoms with Crippen LogP contribution in [0.15, 0.2) is 24.3 Å². The van der Waals surface area contributed by atoms with Gasteiger partial charge in [-0.3, -0.25) is 10.1 Å². The van der Waals surface area contributed by atoms with Gasteiger partial charge in [0.05, 0.1) is 19.8 Å². The Morgan fingerprint density at radius 3 is 2.57 bits per heavy atom. The number of hydrogen-bond acceptors (Lipinski definition) is 6. The van der Waals surface area contributed by atoms with Gasteiger partial charge in [-0.15, -0.1) is 0 Å². The third-order valence-corrected chi connectivity index (χ3v) is 2.71. The number of aromatic nitrogens is 2. The molecule has 0 aliphatic rings. The van der Waals surface area contributed by atoms with Crippen LogP contribution in [0, 0.1) is 6.92 Å². The van der Waals surface area contributed by atoms with Gasteiger partial charge in [0.25, 0.3) is 5.91 Å². The predicted octanol–water partition coefficient (Wildman–Crippen LogP) is 1.76. The number of methoxy groups -OCH3 is 2. The number of amides is 1. The van der Waals surface area contributed by atoms with Crippen molar-refractivity contribution in [1.29, 1.82) is 0 Å². The lowest BCUT2D eigenvalue weighted by Crippen LogP contribution is -2.15. The lowest BCUT2D eigenvalue weighted by molar-refractivity contribution is 0.102. The van der Waals surface area contributed by atoms with Crippen molar-refractivity contribution in [2.75, 3.05) is 19.5 Å². The molecule has 0 aliphatic heterocycles. The number of aromatic hydroxyl groups is 1. The number of hydrogen-bond donors (Lipinski definition) is 2. The summed E-state index contributed by atoms with van der Waals surface area (Å²) in [4.78, 5) is 20.2. The highest BCUT2D eigenvalue weighted by Gasteiger charge is 2.14. The maximum atomic E-state index is 12.1. The molecule has 0 bridgehead atoms. The van der Waals surface area contributed by atoms with Crippen molar-refractivity contribution in [3.05, 3.63) is 35.5 Å². The third-order valence-electron chi connectivity index (χ3n) is 2.71. The first-order valence-electron chi connectivity index (χ1n) is 6.11. The molecule has 21 heavy (non-hydrogen) atoms. The SMILES string of the molecule is COc1ccc(C(=O)Nc2nc(C)cc(OC)n2)c(O)c1. The topological polar surface area (TPSA) is 93.6 Å². The summed E-state index contributed by atoms with van der Waals surface area (Å²) in [5.41, 5.74) is 0.746. The van der Waals surface area contributed by atoms with Gasteiger partial charge >= 0.3 is 0 Å². The Kier molecular flexibility index (Phi) is 4.22. The van der Waals surface area contributed by atoms with Gasteiger partial charge in [-0.05, 0) is 19.1 Å². The van der Waals surface area contributed by atoms with Gasteiger partial charge in [0, 0.05) is 17.8 Å². The van der Waals surface area contributed by atoms with Crippen LogP contribution in [0.4, 0.5) is 5.95 Å². The number of nitrogens with one attached hydrogen (secondary N) is 1. The van der Waals surface area contributed by atoms with Crippen molar-refractivity contribution < 1.29 is 19.4 Å². The second-order valence-corrected chi connectivity index (χ2v) is 4.21. The molecule has 2 aromatic rings. The first-order valence-corrected chi connectivity index (χ1v) is 6.11. The van der Waals surface area contributed by atoms with Gasteiger partial charge < -0.3 is 14.6 Å². The predicted molar refractivity (Wildman–Crippen MR) is 75.9 cm³/mol. The first kappa shape index (κ1) is 14.6. The Bertz CT molecular complexity index is 673. The molecule has 7 heteroatoms. The van der Waals surface area contributed by atoms with Gasteiger partial charge in [-0.2, -0.15) is 4.98 Å². The molecule has 7 nitrogen and oxygen atoms in total. The van der Waals surface area contributed by atoms with Crippen molar-refractivity contribution in [3.63, 3.8) is 0 Å². The summed E-state index contributed by atoms with van der Waals surface area (Å²) in [7, 11) is 2.95. The second kappa shape index (κ2) is 6.08. The minimum absolute atomic E-state index is 0.0971. The Labute approximate surface area is 121 Å². The minimum Gasteiger partial charge on any atom is -0.507 e. The molecule has 2 rings (SSSR count). The average Bonchev–Trinajstić information content (AvgIpc) is 2.46. The summed E-state index contributed by atoms with van der Waals surface area (Å²) in [5.74, 6) is 0.190. The van der Waals surface area contributed by atoms with Crippen LogP contribution < -0.4 is 14.8 Å². The summed E-state index contributed by atoms with van der Waals surface area (Å²) < 4.78 is 9.97. The molecule has 0 fully saturated rings. The minimum atomic E-state index is -0.525. The molecular formula is C14H15N3O4. The van der Waals surface area contributed by atoms with Crippen LogP contribution in [0.2, 0.25) is 0 Å². The van der Waals surface area contributed by atoms with Gasteiger partial charge in [-0.1, -0.05) is 0 Å². The number of ether oxygens (including phenoxy) is 2. The zero-order chi connectivity index (χ0) is 15.4. The quantitative estimate of drug-likeness (QED) is 0.890. The number of carbonyl (C=O) groups excluding carboxylic acids is 1. The molecule has 0 aliphatic carbocycles. The van der Waals surface area contributed by atoms with E-state index in [0.29, 0.717) is 17.3 Å². The third kappa shape index (κ3) is 3.38. The second-order valence-electron chi connectivity index (χ2n) is 4.21. The van der Waals surface area contributed by atoms with Crippen LogP contribution in [0.3, 0.4) is 0 Å². The number of phenolic OH excluding ortho intramolecular Hbond substituents is 1. The van der Waals surface area contributed by atoms with Crippen LogP contribution in [-0.4, -0.2) is 35.2 Å². The maximum Gasteiger partial charge on any atom is 0.261 e. The fourth-order valence-electron chi connectivity index (χ4n) is 1.70. The Hall–Kier alpha value is -2.83. The van der Waals surface area contributed by atoms with Crippen LogP contribution in [0.25, 0.3) is 0 Å². The number of anilines is 1. The van der Waals surface area contributed by atoms with Gasteiger partial charge in [0.15, 0.2) is 0 Å². The van der Waals surface area contributed by atoms with Gasteiger partial charge in [0.2, 0.25) is 11.8 Å². The van der Waals surface area contributed by atoms with Crippen molar-refractivity contribution in [1.82, 2.24) is 9.97 Å². The van der Waals surface area contributed by atoms with E-state index in [0.717, 1.165) is 0 Å². The summed E-state index contributed by atoms with van der Waals surface area (Å²) in [6, 6.07) is 6.02. The van der Waals surface area contributed by atoms with Crippen LogP contribution in [-0.2, 0) is 0 Å². The molecule has 110 valence electrons. The molecular weight excluding hydrogens is 274 g/mol. The van der Waals surface area contributed by atoms with E-state index in [-0.39, 0.29) is 17.3 Å². The molecule has 0 saturated heterocycles. The van der Waals surface area contributed by atoms with E-state index in [1.54, 1.807) is 19.1 Å². The molecule has 0 saturated carbocycles. The van der Waals surface area contributed by atoms with Crippen molar-refractivity contribution in [2.45, 2.75) is 6.92 Å². The van der Waals surface area contributed by atoms with E-state index >= 15 is 0 Å². The molecule has 1 heterocycles. The smallest absolute Gasteiger partial charge is 0.261 e. The molecule has 1 amide bonds. The number of nitrogens with zero attached hydrogens (tertiary/aromatic N) is 2. The fraction of sp³-hybridized carbons (Fsp3) is 0.214. The fourth-order valence-corrected chi connectivity index (χ4v) is 1.70. The number of aryl methyl sites for hydroxylation is 1. The first-order chi connectivity index (χ1) is 10.0. The lowest BCUT2D eigenvalue weighted by Gasteiger charge is -2.08. The standard InChI is InChI=1S/C14H15N3O4/c1-8-6-12(21-3)16-14(15-8)17-13(19)10-5-4-9(20-2)7-11(10)18/h4-7,18H,1-3H3,(H,15,16,17,19). The van der Waals surface area contributed by atoms with Gasteiger partial charge in [0.1, 0.15) is 11.5 Å². The summed E-state index contributed by atoms with van der Waals surface area (Å²) in [6.07, 6.45) is 0. The zero-order valence-corrected chi connectivity index (χ0v) is 11.9. The highest BCUT2D eigenvalue weighted by Crippen LogP contribution is 2.24. The normalized spacial score (nSPS) is 10.0. The Morgan fingerprint density at radius 1 is 1.19 bits per heavy atom. The monoisotopic (exact) mass is 289 g/mol. The molecule has 0 unspecified atom stereocenters. The summed E-state index contributed by atoms with van der Waals surface area (Å²) in [5, 5.41) is 12.3. The van der Waals surface area contributed by atoms with E-state index in [4.69, 9.17) is 9.47 Å². The Morgan fingerprint density at radius 2 is 1.95 bits per heavy atom. The van der Waals surface area contributed by atoms with E-state index in [1.807, 2.05) is 0 Å². The van der Waals surface area contributed by atoms with E-state index in [2.05, 4.69) is 15.3 Å². The van der Waals surface area contributed by atoms with E-state index in [9.17, 15) is 9.90 Å². The van der Waals surface area contributed by atoms with Crippen LogP contribution in [0.1, 0.15) is 16.1 Å². The van der Waals surface area contributed by atoms with Crippen molar-refractivity contribution >= 4 is 11.9 Å². The number of carbonyl (C=O) groups is 1. The number of rotatable bonds is 4. The summed E-state index contributed by atoms with van der Waals surface area (Å²) >= 11 is 0. The van der Waals surface area contributed by atoms with E-state index in [1.165, 1.54) is 26.4 Å². The lowest BCUT2D eigenvalue weighted by atomic mass is 10.2. The molecule has 1 aromatic heterocycles. The molecule has 0 radical (unpaired) electrons. The largest absolute Gasteiger partial charge is 0.507 e. The molecule has 2 N–H and O–H groups in total. The van der Waals surface area contributed by atoms with E-state index < -0.39 is 5.91 Å². The molecule has 0 atom stereocenters. The molecule has 1 aromatic carbocycles. The maximum absolute atomic E-state index is 12.1. The number of phenols is 1. The highest BCUT2D eigenvalue weighted by molar-refractivity contribution is 6.05. The van der Waals surface area contributed by atoms with Gasteiger partial charge in [-0.25, -0.2) is 4.98 Å². The average molecular weight is 289 g/mol. The van der Waals surface area contributed by atoms with Crippen molar-refractivity contribution in [3.8, 4) is 17.4 Å². The van der Waals surface area contributed by atoms with Crippen LogP contribution in [0.5, 0.6) is 17.4 Å². The molecule has 0 spiro atoms. The van der Waals surface area contributed by atoms with Crippen LogP contribution >= 0.6 is 0 Å².